The predicted molar refractivity (Wildman–Crippen MR) is 66.0 cm³/mol. The minimum absolute atomic E-state index is 0.830. The maximum absolute atomic E-state index is 4.25. The third-order valence-electron chi connectivity index (χ3n) is 2.04. The lowest BCUT2D eigenvalue weighted by atomic mass is 10.1. The van der Waals surface area contributed by atoms with Crippen LogP contribution in [0.1, 0.15) is 34.6 Å². The first-order chi connectivity index (χ1) is 6.49. The summed E-state index contributed by atoms with van der Waals surface area (Å²) >= 11 is 0. The standard InChI is InChI=1S/C13H21N/c1-7-14-9-13(11(4)5)8-12(6)10(2)3/h8-9H,2,7H2,1,3-6H3/b12-8-,14-9?. The lowest BCUT2D eigenvalue weighted by Gasteiger charge is -2.02. The fraction of sp³-hybridized carbons (Fsp3) is 0.462. The van der Waals surface area contributed by atoms with Crippen molar-refractivity contribution in [2.45, 2.75) is 34.6 Å². The van der Waals surface area contributed by atoms with Gasteiger partial charge in [0.15, 0.2) is 0 Å². The van der Waals surface area contributed by atoms with Gasteiger partial charge >= 0.3 is 0 Å². The van der Waals surface area contributed by atoms with Crippen LogP contribution in [0.3, 0.4) is 0 Å². The van der Waals surface area contributed by atoms with Crippen LogP contribution in [-0.2, 0) is 0 Å². The zero-order valence-corrected chi connectivity index (χ0v) is 10.0. The molecule has 0 atom stereocenters. The highest BCUT2D eigenvalue weighted by atomic mass is 14.7. The molecule has 0 heterocycles. The number of rotatable bonds is 4. The van der Waals surface area contributed by atoms with Gasteiger partial charge in [0.2, 0.25) is 0 Å². The van der Waals surface area contributed by atoms with Crippen LogP contribution in [0.4, 0.5) is 0 Å². The van der Waals surface area contributed by atoms with E-state index in [-0.39, 0.29) is 0 Å². The highest BCUT2D eigenvalue weighted by Crippen LogP contribution is 2.11. The van der Waals surface area contributed by atoms with E-state index in [1.807, 2.05) is 20.1 Å². The molecule has 0 amide bonds. The van der Waals surface area contributed by atoms with Crippen molar-refractivity contribution >= 4 is 6.21 Å². The monoisotopic (exact) mass is 191 g/mol. The number of hydrogen-bond acceptors (Lipinski definition) is 1. The topological polar surface area (TPSA) is 12.4 Å². The largest absolute Gasteiger partial charge is 0.293 e. The van der Waals surface area contributed by atoms with Gasteiger partial charge in [-0.2, -0.15) is 0 Å². The van der Waals surface area contributed by atoms with E-state index in [1.54, 1.807) is 0 Å². The summed E-state index contributed by atoms with van der Waals surface area (Å²) in [4.78, 5) is 4.25. The Balaban J connectivity index is 4.90. The first kappa shape index (κ1) is 12.9. The molecule has 0 aromatic heterocycles. The summed E-state index contributed by atoms with van der Waals surface area (Å²) in [5, 5.41) is 0. The molecule has 0 saturated carbocycles. The van der Waals surface area contributed by atoms with Crippen LogP contribution in [0, 0.1) is 0 Å². The molecule has 0 aromatic rings. The maximum Gasteiger partial charge on any atom is 0.0361 e. The molecule has 0 fully saturated rings. The Kier molecular flexibility index (Phi) is 5.86. The molecule has 0 unspecified atom stereocenters. The molecule has 0 saturated heterocycles. The number of hydrogen-bond donors (Lipinski definition) is 0. The van der Waals surface area contributed by atoms with Crippen LogP contribution in [0.25, 0.3) is 0 Å². The second-order valence-electron chi connectivity index (χ2n) is 3.69. The van der Waals surface area contributed by atoms with E-state index in [0.29, 0.717) is 0 Å². The third-order valence-corrected chi connectivity index (χ3v) is 2.04. The van der Waals surface area contributed by atoms with Crippen LogP contribution >= 0.6 is 0 Å². The second kappa shape index (κ2) is 6.36. The van der Waals surface area contributed by atoms with E-state index >= 15 is 0 Å². The van der Waals surface area contributed by atoms with Gasteiger partial charge in [-0.1, -0.05) is 23.8 Å². The van der Waals surface area contributed by atoms with Crippen molar-refractivity contribution < 1.29 is 0 Å². The van der Waals surface area contributed by atoms with Gasteiger partial charge in [0.05, 0.1) is 0 Å². The van der Waals surface area contributed by atoms with Gasteiger partial charge in [-0.15, -0.1) is 0 Å². The Morgan fingerprint density at radius 1 is 1.21 bits per heavy atom. The van der Waals surface area contributed by atoms with Gasteiger partial charge in [-0.05, 0) is 45.8 Å². The summed E-state index contributed by atoms with van der Waals surface area (Å²) in [5.41, 5.74) is 4.78. The van der Waals surface area contributed by atoms with Crippen molar-refractivity contribution in [2.75, 3.05) is 6.54 Å². The Morgan fingerprint density at radius 2 is 1.79 bits per heavy atom. The molecule has 0 rings (SSSR count). The SMILES string of the molecule is C=C(C)/C(C)=C\C(C=NCC)=C(C)C. The molecule has 78 valence electrons. The molecular weight excluding hydrogens is 170 g/mol. The van der Waals surface area contributed by atoms with Crippen molar-refractivity contribution in [3.8, 4) is 0 Å². The van der Waals surface area contributed by atoms with E-state index in [2.05, 4.69) is 38.4 Å². The third kappa shape index (κ3) is 4.80. The smallest absolute Gasteiger partial charge is 0.0361 e. The van der Waals surface area contributed by atoms with E-state index in [0.717, 1.165) is 12.1 Å². The van der Waals surface area contributed by atoms with E-state index < -0.39 is 0 Å². The second-order valence-corrected chi connectivity index (χ2v) is 3.69. The molecule has 0 aliphatic rings. The average Bonchev–Trinajstić information content (AvgIpc) is 2.10. The molecule has 1 heteroatoms. The quantitative estimate of drug-likeness (QED) is 0.471. The van der Waals surface area contributed by atoms with Crippen LogP contribution in [0.2, 0.25) is 0 Å². The van der Waals surface area contributed by atoms with Gasteiger partial charge < -0.3 is 0 Å². The van der Waals surface area contributed by atoms with Gasteiger partial charge in [0.25, 0.3) is 0 Å². The fourth-order valence-corrected chi connectivity index (χ4v) is 0.857. The zero-order chi connectivity index (χ0) is 11.1. The Hall–Kier alpha value is -1.11. The number of nitrogens with zero attached hydrogens (tertiary/aromatic N) is 1. The Morgan fingerprint density at radius 3 is 2.14 bits per heavy atom. The molecule has 1 nitrogen and oxygen atoms in total. The van der Waals surface area contributed by atoms with Crippen LogP contribution in [0.15, 0.2) is 39.9 Å². The fourth-order valence-electron chi connectivity index (χ4n) is 0.857. The maximum atomic E-state index is 4.25. The Labute approximate surface area is 87.9 Å². The van der Waals surface area contributed by atoms with E-state index in [4.69, 9.17) is 0 Å². The highest BCUT2D eigenvalue weighted by molar-refractivity contribution is 5.83. The molecular formula is C13H21N. The predicted octanol–water partition coefficient (Wildman–Crippen LogP) is 3.94. The summed E-state index contributed by atoms with van der Waals surface area (Å²) in [6.45, 7) is 15.1. The molecule has 0 spiro atoms. The average molecular weight is 191 g/mol. The highest BCUT2D eigenvalue weighted by Gasteiger charge is 1.94. The number of allylic oxidation sites excluding steroid dienone is 5. The molecule has 14 heavy (non-hydrogen) atoms. The molecule has 0 bridgehead atoms. The molecule has 0 radical (unpaired) electrons. The van der Waals surface area contributed by atoms with E-state index in [1.165, 1.54) is 16.7 Å². The summed E-state index contributed by atoms with van der Waals surface area (Å²) in [6.07, 6.45) is 4.07. The van der Waals surface area contributed by atoms with Crippen molar-refractivity contribution in [3.63, 3.8) is 0 Å². The van der Waals surface area contributed by atoms with Crippen LogP contribution in [-0.4, -0.2) is 12.8 Å². The molecule has 0 aromatic carbocycles. The summed E-state index contributed by atoms with van der Waals surface area (Å²) in [5.74, 6) is 0. The van der Waals surface area contributed by atoms with Gasteiger partial charge in [0, 0.05) is 12.8 Å². The first-order valence-corrected chi connectivity index (χ1v) is 5.00. The first-order valence-electron chi connectivity index (χ1n) is 5.00. The van der Waals surface area contributed by atoms with Crippen LogP contribution in [0.5, 0.6) is 0 Å². The van der Waals surface area contributed by atoms with Gasteiger partial charge in [0.1, 0.15) is 0 Å². The van der Waals surface area contributed by atoms with Crippen molar-refractivity contribution in [2.24, 2.45) is 4.99 Å². The summed E-state index contributed by atoms with van der Waals surface area (Å²) in [7, 11) is 0. The lowest BCUT2D eigenvalue weighted by Crippen LogP contribution is -1.88. The van der Waals surface area contributed by atoms with Crippen molar-refractivity contribution in [1.29, 1.82) is 0 Å². The minimum Gasteiger partial charge on any atom is -0.293 e. The summed E-state index contributed by atoms with van der Waals surface area (Å²) < 4.78 is 0. The molecule has 0 aliphatic carbocycles. The van der Waals surface area contributed by atoms with Gasteiger partial charge in [-0.25, -0.2) is 0 Å². The van der Waals surface area contributed by atoms with Gasteiger partial charge in [-0.3, -0.25) is 4.99 Å². The van der Waals surface area contributed by atoms with E-state index in [9.17, 15) is 0 Å². The van der Waals surface area contributed by atoms with Crippen molar-refractivity contribution in [3.05, 3.63) is 34.9 Å². The zero-order valence-electron chi connectivity index (χ0n) is 10.0. The normalized spacial score (nSPS) is 11.9. The molecule has 0 aliphatic heterocycles. The molecule has 0 N–H and O–H groups in total. The van der Waals surface area contributed by atoms with Crippen molar-refractivity contribution in [1.82, 2.24) is 0 Å². The van der Waals surface area contributed by atoms with Crippen LogP contribution < -0.4 is 0 Å². The lowest BCUT2D eigenvalue weighted by molar-refractivity contribution is 1.14. The summed E-state index contributed by atoms with van der Waals surface area (Å²) in [6, 6.07) is 0. The minimum atomic E-state index is 0.830. The Bertz CT molecular complexity index is 286. The number of aliphatic imine (C=N–C) groups is 1.